The molecule has 0 saturated carbocycles. The number of hydrogen-bond acceptors (Lipinski definition) is 3. The van der Waals surface area contributed by atoms with Crippen molar-refractivity contribution in [2.75, 3.05) is 0 Å². The Morgan fingerprint density at radius 2 is 1.88 bits per heavy atom. The number of amides is 1. The minimum Gasteiger partial charge on any atom is -0.434 e. The number of halogens is 2. The van der Waals surface area contributed by atoms with Gasteiger partial charge < -0.3 is 10.1 Å². The standard InChI is InChI=1S/C18H16F2N2O2/c19-18(20)24-16-4-2-1-3-15(16)12-22-17(23)10-9-13-5-7-14(11-21)8-6-13/h1-8,18H,9-10,12H2,(H,22,23). The molecule has 0 aromatic heterocycles. The third kappa shape index (κ3) is 5.36. The van der Waals surface area contributed by atoms with Crippen LogP contribution in [0.1, 0.15) is 23.1 Å². The van der Waals surface area contributed by atoms with E-state index in [4.69, 9.17) is 5.26 Å². The smallest absolute Gasteiger partial charge is 0.387 e. The summed E-state index contributed by atoms with van der Waals surface area (Å²) in [5, 5.41) is 11.4. The second-order valence-corrected chi connectivity index (χ2v) is 5.07. The molecule has 2 aromatic rings. The van der Waals surface area contributed by atoms with Crippen LogP contribution in [0.25, 0.3) is 0 Å². The molecule has 0 fully saturated rings. The maximum absolute atomic E-state index is 12.3. The van der Waals surface area contributed by atoms with Crippen molar-refractivity contribution in [2.45, 2.75) is 26.0 Å². The normalized spacial score (nSPS) is 10.2. The van der Waals surface area contributed by atoms with Gasteiger partial charge in [0.2, 0.25) is 5.91 Å². The first-order chi connectivity index (χ1) is 11.6. The van der Waals surface area contributed by atoms with Gasteiger partial charge in [0.1, 0.15) is 5.75 Å². The zero-order chi connectivity index (χ0) is 17.4. The molecule has 0 saturated heterocycles. The first kappa shape index (κ1) is 17.4. The van der Waals surface area contributed by atoms with Crippen molar-refractivity contribution in [1.29, 1.82) is 5.26 Å². The molecule has 0 heterocycles. The van der Waals surface area contributed by atoms with E-state index in [0.717, 1.165) is 5.56 Å². The van der Waals surface area contributed by atoms with Crippen LogP contribution in [-0.4, -0.2) is 12.5 Å². The van der Waals surface area contributed by atoms with E-state index in [9.17, 15) is 13.6 Å². The number of rotatable bonds is 7. The summed E-state index contributed by atoms with van der Waals surface area (Å²) in [6.07, 6.45) is 0.802. The van der Waals surface area contributed by atoms with E-state index >= 15 is 0 Å². The Labute approximate surface area is 138 Å². The first-order valence-corrected chi connectivity index (χ1v) is 7.37. The molecule has 0 aliphatic heterocycles. The number of carbonyl (C=O) groups is 1. The van der Waals surface area contributed by atoms with Gasteiger partial charge in [0, 0.05) is 18.5 Å². The van der Waals surface area contributed by atoms with E-state index in [1.54, 1.807) is 42.5 Å². The largest absolute Gasteiger partial charge is 0.434 e. The van der Waals surface area contributed by atoms with E-state index in [1.165, 1.54) is 6.07 Å². The molecular formula is C18H16F2N2O2. The second-order valence-electron chi connectivity index (χ2n) is 5.07. The average molecular weight is 330 g/mol. The van der Waals surface area contributed by atoms with Crippen molar-refractivity contribution in [3.05, 3.63) is 65.2 Å². The fraction of sp³-hybridized carbons (Fsp3) is 0.222. The molecule has 0 aliphatic carbocycles. The Morgan fingerprint density at radius 1 is 1.17 bits per heavy atom. The maximum atomic E-state index is 12.3. The Hall–Kier alpha value is -2.94. The molecule has 6 heteroatoms. The van der Waals surface area contributed by atoms with Crippen LogP contribution in [-0.2, 0) is 17.8 Å². The summed E-state index contributed by atoms with van der Waals surface area (Å²) < 4.78 is 29.1. The van der Waals surface area contributed by atoms with Crippen molar-refractivity contribution >= 4 is 5.91 Å². The highest BCUT2D eigenvalue weighted by molar-refractivity contribution is 5.76. The molecule has 2 rings (SSSR count). The minimum absolute atomic E-state index is 0.0555. The number of alkyl halides is 2. The zero-order valence-corrected chi connectivity index (χ0v) is 12.8. The van der Waals surface area contributed by atoms with Crippen LogP contribution in [0, 0.1) is 11.3 Å². The molecule has 24 heavy (non-hydrogen) atoms. The van der Waals surface area contributed by atoms with Gasteiger partial charge in [-0.2, -0.15) is 14.0 Å². The van der Waals surface area contributed by atoms with E-state index in [2.05, 4.69) is 10.1 Å². The molecule has 4 nitrogen and oxygen atoms in total. The number of ether oxygens (including phenoxy) is 1. The van der Waals surface area contributed by atoms with Gasteiger partial charge in [-0.1, -0.05) is 30.3 Å². The summed E-state index contributed by atoms with van der Waals surface area (Å²) in [6.45, 7) is -2.78. The number of para-hydroxylation sites is 1. The summed E-state index contributed by atoms with van der Waals surface area (Å²) in [7, 11) is 0. The van der Waals surface area contributed by atoms with Crippen LogP contribution in [0.4, 0.5) is 8.78 Å². The zero-order valence-electron chi connectivity index (χ0n) is 12.8. The number of nitrogens with zero attached hydrogens (tertiary/aromatic N) is 1. The van der Waals surface area contributed by atoms with Crippen LogP contribution in [0.15, 0.2) is 48.5 Å². The first-order valence-electron chi connectivity index (χ1n) is 7.37. The molecule has 0 aliphatic rings. The van der Waals surface area contributed by atoms with Crippen molar-refractivity contribution < 1.29 is 18.3 Å². The number of benzene rings is 2. The topological polar surface area (TPSA) is 62.1 Å². The molecule has 0 spiro atoms. The lowest BCUT2D eigenvalue weighted by Crippen LogP contribution is -2.23. The van der Waals surface area contributed by atoms with Crippen molar-refractivity contribution in [3.63, 3.8) is 0 Å². The summed E-state index contributed by atoms with van der Waals surface area (Å²) in [5.41, 5.74) is 2.01. The molecule has 1 amide bonds. The summed E-state index contributed by atoms with van der Waals surface area (Å²) in [6, 6.07) is 15.4. The van der Waals surface area contributed by atoms with Gasteiger partial charge >= 0.3 is 6.61 Å². The van der Waals surface area contributed by atoms with Gasteiger partial charge in [0.25, 0.3) is 0 Å². The lowest BCUT2D eigenvalue weighted by Gasteiger charge is -2.11. The van der Waals surface area contributed by atoms with Crippen LogP contribution < -0.4 is 10.1 Å². The number of aryl methyl sites for hydroxylation is 1. The van der Waals surface area contributed by atoms with Crippen LogP contribution in [0.3, 0.4) is 0 Å². The van der Waals surface area contributed by atoms with Crippen LogP contribution >= 0.6 is 0 Å². The Kier molecular flexibility index (Phi) is 6.26. The monoisotopic (exact) mass is 330 g/mol. The number of hydrogen-bond donors (Lipinski definition) is 1. The van der Waals surface area contributed by atoms with Crippen molar-refractivity contribution in [1.82, 2.24) is 5.32 Å². The predicted octanol–water partition coefficient (Wildman–Crippen LogP) is 3.41. The van der Waals surface area contributed by atoms with Crippen molar-refractivity contribution in [3.8, 4) is 11.8 Å². The van der Waals surface area contributed by atoms with E-state index in [0.29, 0.717) is 17.5 Å². The molecule has 1 N–H and O–H groups in total. The van der Waals surface area contributed by atoms with Gasteiger partial charge in [0.05, 0.1) is 11.6 Å². The summed E-state index contributed by atoms with van der Waals surface area (Å²) >= 11 is 0. The average Bonchev–Trinajstić information content (AvgIpc) is 2.59. The highest BCUT2D eigenvalue weighted by Gasteiger charge is 2.10. The molecule has 0 radical (unpaired) electrons. The number of carbonyl (C=O) groups excluding carboxylic acids is 1. The summed E-state index contributed by atoms with van der Waals surface area (Å²) in [5.74, 6) is -0.133. The van der Waals surface area contributed by atoms with E-state index in [-0.39, 0.29) is 24.6 Å². The molecule has 124 valence electrons. The van der Waals surface area contributed by atoms with Gasteiger partial charge in [-0.25, -0.2) is 0 Å². The maximum Gasteiger partial charge on any atom is 0.387 e. The lowest BCUT2D eigenvalue weighted by molar-refractivity contribution is -0.121. The van der Waals surface area contributed by atoms with Gasteiger partial charge in [0.15, 0.2) is 0 Å². The van der Waals surface area contributed by atoms with Gasteiger partial charge in [-0.05, 0) is 30.2 Å². The quantitative estimate of drug-likeness (QED) is 0.846. The third-order valence-electron chi connectivity index (χ3n) is 3.39. The number of nitriles is 1. The molecule has 0 bridgehead atoms. The van der Waals surface area contributed by atoms with E-state index < -0.39 is 6.61 Å². The fourth-order valence-electron chi connectivity index (χ4n) is 2.15. The highest BCUT2D eigenvalue weighted by atomic mass is 19.3. The summed E-state index contributed by atoms with van der Waals surface area (Å²) in [4.78, 5) is 11.9. The highest BCUT2D eigenvalue weighted by Crippen LogP contribution is 2.20. The molecule has 0 unspecified atom stereocenters. The predicted molar refractivity (Wildman–Crippen MR) is 84.4 cm³/mol. The Morgan fingerprint density at radius 3 is 2.54 bits per heavy atom. The third-order valence-corrected chi connectivity index (χ3v) is 3.39. The van der Waals surface area contributed by atoms with E-state index in [1.807, 2.05) is 6.07 Å². The fourth-order valence-corrected chi connectivity index (χ4v) is 2.15. The van der Waals surface area contributed by atoms with Crippen LogP contribution in [0.2, 0.25) is 0 Å². The second kappa shape index (κ2) is 8.63. The Bertz CT molecular complexity index is 725. The lowest BCUT2D eigenvalue weighted by atomic mass is 10.1. The SMILES string of the molecule is N#Cc1ccc(CCC(=O)NCc2ccccc2OC(F)F)cc1. The molecule has 0 atom stereocenters. The molecular weight excluding hydrogens is 314 g/mol. The van der Waals surface area contributed by atoms with Crippen molar-refractivity contribution in [2.24, 2.45) is 0 Å². The minimum atomic E-state index is -2.90. The van der Waals surface area contributed by atoms with Crippen LogP contribution in [0.5, 0.6) is 5.75 Å². The van der Waals surface area contributed by atoms with Gasteiger partial charge in [-0.3, -0.25) is 4.79 Å². The number of nitrogens with one attached hydrogen (secondary N) is 1. The Balaban J connectivity index is 1.84. The van der Waals surface area contributed by atoms with Gasteiger partial charge in [-0.15, -0.1) is 0 Å². The molecule has 2 aromatic carbocycles.